The van der Waals surface area contributed by atoms with Crippen molar-refractivity contribution in [3.63, 3.8) is 0 Å². The summed E-state index contributed by atoms with van der Waals surface area (Å²) >= 11 is 0. The van der Waals surface area contributed by atoms with Gasteiger partial charge in [0.15, 0.2) is 0 Å². The molecule has 0 fully saturated rings. The third-order valence-corrected chi connectivity index (χ3v) is 4.30. The van der Waals surface area contributed by atoms with E-state index in [0.717, 1.165) is 5.69 Å². The Bertz CT molecular complexity index is 595. The molecule has 0 aliphatic rings. The Labute approximate surface area is 114 Å². The first-order valence-electron chi connectivity index (χ1n) is 5.90. The summed E-state index contributed by atoms with van der Waals surface area (Å²) in [5.41, 5.74) is 7.34. The lowest BCUT2D eigenvalue weighted by Crippen LogP contribution is -2.07. The van der Waals surface area contributed by atoms with Gasteiger partial charge in [-0.3, -0.25) is 8.89 Å². The van der Waals surface area contributed by atoms with E-state index in [1.807, 2.05) is 13.1 Å². The molecule has 1 aromatic heterocycles. The molecule has 1 unspecified atom stereocenters. The van der Waals surface area contributed by atoms with Crippen LogP contribution in [0.25, 0.3) is 0 Å². The number of anilines is 1. The number of nitrogen functional groups attached to an aromatic ring is 1. The topological polar surface area (TPSA) is 70.1 Å². The number of hydrogen-bond acceptors (Lipinski definition) is 4. The van der Waals surface area contributed by atoms with Crippen LogP contribution in [0.5, 0.6) is 5.75 Å². The zero-order chi connectivity index (χ0) is 13.8. The molecular formula is C13H17N3O2S. The SMILES string of the molecule is COc1cc(N)ccc1S(=O)CCc1ccnn1C. The zero-order valence-electron chi connectivity index (χ0n) is 11.0. The normalized spacial score (nSPS) is 12.3. The summed E-state index contributed by atoms with van der Waals surface area (Å²) in [6.07, 6.45) is 2.44. The summed E-state index contributed by atoms with van der Waals surface area (Å²) in [5.74, 6) is 1.10. The fourth-order valence-corrected chi connectivity index (χ4v) is 3.03. The number of benzene rings is 1. The second kappa shape index (κ2) is 5.88. The Morgan fingerprint density at radius 2 is 2.21 bits per heavy atom. The summed E-state index contributed by atoms with van der Waals surface area (Å²) in [6, 6.07) is 7.11. The Hall–Kier alpha value is -1.82. The Kier molecular flexibility index (Phi) is 4.21. The smallest absolute Gasteiger partial charge is 0.137 e. The number of nitrogens with two attached hydrogens (primary N) is 1. The van der Waals surface area contributed by atoms with Gasteiger partial charge < -0.3 is 10.5 Å². The number of aromatic nitrogens is 2. The van der Waals surface area contributed by atoms with Crippen LogP contribution in [0, 0.1) is 0 Å². The molecule has 0 saturated carbocycles. The van der Waals surface area contributed by atoms with E-state index >= 15 is 0 Å². The molecule has 19 heavy (non-hydrogen) atoms. The largest absolute Gasteiger partial charge is 0.495 e. The highest BCUT2D eigenvalue weighted by Crippen LogP contribution is 2.25. The summed E-state index contributed by atoms with van der Waals surface area (Å²) in [6.45, 7) is 0. The third-order valence-electron chi connectivity index (χ3n) is 2.90. The maximum absolute atomic E-state index is 12.3. The number of hydrogen-bond donors (Lipinski definition) is 1. The molecule has 0 saturated heterocycles. The minimum atomic E-state index is -1.12. The molecule has 1 atom stereocenters. The highest BCUT2D eigenvalue weighted by atomic mass is 32.2. The highest BCUT2D eigenvalue weighted by molar-refractivity contribution is 7.85. The molecule has 0 amide bonds. The molecule has 2 aromatic rings. The molecule has 0 bridgehead atoms. The number of methoxy groups -OCH3 is 1. The first-order chi connectivity index (χ1) is 9.11. The standard InChI is InChI=1S/C13H17N3O2S/c1-16-11(5-7-15-16)6-8-19(17)13-4-3-10(14)9-12(13)18-2/h3-5,7,9H,6,8,14H2,1-2H3. The van der Waals surface area contributed by atoms with Gasteiger partial charge in [0.2, 0.25) is 0 Å². The van der Waals surface area contributed by atoms with E-state index in [-0.39, 0.29) is 0 Å². The van der Waals surface area contributed by atoms with Crippen LogP contribution in [-0.2, 0) is 24.3 Å². The maximum Gasteiger partial charge on any atom is 0.137 e. The van der Waals surface area contributed by atoms with Gasteiger partial charge in [0.1, 0.15) is 5.75 Å². The van der Waals surface area contributed by atoms with Crippen LogP contribution in [0.2, 0.25) is 0 Å². The Balaban J connectivity index is 2.10. The van der Waals surface area contributed by atoms with Crippen molar-refractivity contribution in [2.24, 2.45) is 7.05 Å². The van der Waals surface area contributed by atoms with E-state index in [9.17, 15) is 4.21 Å². The lowest BCUT2D eigenvalue weighted by Gasteiger charge is -2.09. The number of rotatable bonds is 5. The van der Waals surface area contributed by atoms with Crippen LogP contribution in [0.3, 0.4) is 0 Å². The number of nitrogens with zero attached hydrogens (tertiary/aromatic N) is 2. The molecule has 0 spiro atoms. The van der Waals surface area contributed by atoms with Crippen molar-refractivity contribution in [2.45, 2.75) is 11.3 Å². The van der Waals surface area contributed by atoms with Crippen molar-refractivity contribution < 1.29 is 8.95 Å². The van der Waals surface area contributed by atoms with Crippen LogP contribution >= 0.6 is 0 Å². The van der Waals surface area contributed by atoms with Crippen LogP contribution in [0.4, 0.5) is 5.69 Å². The van der Waals surface area contributed by atoms with E-state index in [0.29, 0.717) is 28.5 Å². The van der Waals surface area contributed by atoms with E-state index < -0.39 is 10.8 Å². The quantitative estimate of drug-likeness (QED) is 0.839. The van der Waals surface area contributed by atoms with Gasteiger partial charge in [-0.1, -0.05) is 0 Å². The molecule has 6 heteroatoms. The highest BCUT2D eigenvalue weighted by Gasteiger charge is 2.12. The first kappa shape index (κ1) is 13.6. The number of aryl methyl sites for hydroxylation is 2. The summed E-state index contributed by atoms with van der Waals surface area (Å²) in [7, 11) is 2.31. The fourth-order valence-electron chi connectivity index (χ4n) is 1.83. The van der Waals surface area contributed by atoms with Gasteiger partial charge in [0, 0.05) is 42.9 Å². The van der Waals surface area contributed by atoms with E-state index in [4.69, 9.17) is 10.5 Å². The average molecular weight is 279 g/mol. The van der Waals surface area contributed by atoms with Gasteiger partial charge in [-0.2, -0.15) is 5.10 Å². The summed E-state index contributed by atoms with van der Waals surface area (Å²) in [5, 5.41) is 4.09. The van der Waals surface area contributed by atoms with Crippen LogP contribution in [-0.4, -0.2) is 26.9 Å². The zero-order valence-corrected chi connectivity index (χ0v) is 11.8. The van der Waals surface area contributed by atoms with Crippen molar-refractivity contribution >= 4 is 16.5 Å². The summed E-state index contributed by atoms with van der Waals surface area (Å²) in [4.78, 5) is 0.680. The Morgan fingerprint density at radius 1 is 1.42 bits per heavy atom. The molecule has 102 valence electrons. The molecule has 1 aromatic carbocycles. The monoisotopic (exact) mass is 279 g/mol. The van der Waals surface area contributed by atoms with E-state index in [2.05, 4.69) is 5.10 Å². The van der Waals surface area contributed by atoms with E-state index in [1.165, 1.54) is 0 Å². The molecule has 0 radical (unpaired) electrons. The van der Waals surface area contributed by atoms with Gasteiger partial charge in [0.05, 0.1) is 22.8 Å². The van der Waals surface area contributed by atoms with Gasteiger partial charge in [-0.15, -0.1) is 0 Å². The lowest BCUT2D eigenvalue weighted by molar-refractivity contribution is 0.404. The van der Waals surface area contributed by atoms with Crippen molar-refractivity contribution in [1.82, 2.24) is 9.78 Å². The van der Waals surface area contributed by atoms with Crippen LogP contribution in [0.1, 0.15) is 5.69 Å². The van der Waals surface area contributed by atoms with Gasteiger partial charge in [-0.05, 0) is 18.2 Å². The van der Waals surface area contributed by atoms with Crippen molar-refractivity contribution in [3.05, 3.63) is 36.2 Å². The van der Waals surface area contributed by atoms with Crippen molar-refractivity contribution in [2.75, 3.05) is 18.6 Å². The lowest BCUT2D eigenvalue weighted by atomic mass is 10.3. The first-order valence-corrected chi connectivity index (χ1v) is 7.22. The van der Waals surface area contributed by atoms with Gasteiger partial charge in [0.25, 0.3) is 0 Å². The minimum absolute atomic E-state index is 0.528. The maximum atomic E-state index is 12.3. The molecule has 0 aliphatic carbocycles. The second-order valence-electron chi connectivity index (χ2n) is 4.16. The Morgan fingerprint density at radius 3 is 2.84 bits per heavy atom. The predicted molar refractivity (Wildman–Crippen MR) is 75.6 cm³/mol. The van der Waals surface area contributed by atoms with Crippen LogP contribution < -0.4 is 10.5 Å². The van der Waals surface area contributed by atoms with Gasteiger partial charge in [-0.25, -0.2) is 0 Å². The van der Waals surface area contributed by atoms with Crippen LogP contribution in [0.15, 0.2) is 35.4 Å². The average Bonchev–Trinajstić information content (AvgIpc) is 2.81. The van der Waals surface area contributed by atoms with Gasteiger partial charge >= 0.3 is 0 Å². The fraction of sp³-hybridized carbons (Fsp3) is 0.308. The summed E-state index contributed by atoms with van der Waals surface area (Å²) < 4.78 is 19.3. The van der Waals surface area contributed by atoms with Crippen molar-refractivity contribution in [3.8, 4) is 5.75 Å². The molecular weight excluding hydrogens is 262 g/mol. The molecule has 0 aliphatic heterocycles. The molecule has 2 rings (SSSR count). The molecule has 5 nitrogen and oxygen atoms in total. The minimum Gasteiger partial charge on any atom is -0.495 e. The molecule has 1 heterocycles. The van der Waals surface area contributed by atoms with E-state index in [1.54, 1.807) is 36.2 Å². The predicted octanol–water partition coefficient (Wildman–Crippen LogP) is 1.36. The second-order valence-corrected chi connectivity index (χ2v) is 5.70. The molecule has 2 N–H and O–H groups in total. The third kappa shape index (κ3) is 3.14. The number of ether oxygens (including phenoxy) is 1. The van der Waals surface area contributed by atoms with Crippen molar-refractivity contribution in [1.29, 1.82) is 0 Å².